The topological polar surface area (TPSA) is 86.0 Å². The summed E-state index contributed by atoms with van der Waals surface area (Å²) in [6, 6.07) is 7.51. The van der Waals surface area contributed by atoms with Crippen molar-refractivity contribution >= 4 is 39.4 Å². The molecule has 1 aliphatic carbocycles. The van der Waals surface area contributed by atoms with Crippen LogP contribution in [0.25, 0.3) is 16.0 Å². The minimum absolute atomic E-state index is 0.156. The van der Waals surface area contributed by atoms with Crippen molar-refractivity contribution in [1.82, 2.24) is 19.4 Å². The van der Waals surface area contributed by atoms with E-state index in [4.69, 9.17) is 0 Å². The van der Waals surface area contributed by atoms with Crippen LogP contribution < -0.4 is 16.6 Å². The van der Waals surface area contributed by atoms with E-state index in [1.165, 1.54) is 27.7 Å². The molecule has 1 fully saturated rings. The molecule has 158 valence electrons. The quantitative estimate of drug-likeness (QED) is 0.591. The lowest BCUT2D eigenvalue weighted by Crippen LogP contribution is -2.43. The number of carbonyl (C=O) groups is 1. The second kappa shape index (κ2) is 8.77. The van der Waals surface area contributed by atoms with Gasteiger partial charge in [-0.1, -0.05) is 43.7 Å². The predicted molar refractivity (Wildman–Crippen MR) is 121 cm³/mol. The van der Waals surface area contributed by atoms with Crippen molar-refractivity contribution in [1.29, 1.82) is 0 Å². The number of aryl methyl sites for hydroxylation is 1. The molecule has 1 N–H and O–H groups in total. The second-order valence-corrected chi connectivity index (χ2v) is 9.47. The summed E-state index contributed by atoms with van der Waals surface area (Å²) in [6.07, 6.45) is 6.88. The predicted octanol–water partition coefficient (Wildman–Crippen LogP) is 2.95. The molecule has 1 aromatic carbocycles. The number of thiazole rings is 1. The molecular weight excluding hydrogens is 420 g/mol. The molecule has 2 aromatic heterocycles. The fourth-order valence-electron chi connectivity index (χ4n) is 3.84. The molecule has 1 saturated carbocycles. The largest absolute Gasteiger partial charge is 0.352 e. The first-order chi connectivity index (χ1) is 14.5. The highest BCUT2D eigenvalue weighted by Crippen LogP contribution is 2.25. The van der Waals surface area contributed by atoms with Gasteiger partial charge in [-0.05, 0) is 43.2 Å². The van der Waals surface area contributed by atoms with E-state index in [-0.39, 0.29) is 24.1 Å². The van der Waals surface area contributed by atoms with Crippen LogP contribution in [0.2, 0.25) is 0 Å². The lowest BCUT2D eigenvalue weighted by Gasteiger charge is -2.14. The van der Waals surface area contributed by atoms with Crippen LogP contribution in [-0.2, 0) is 17.8 Å². The smallest absolute Gasteiger partial charge is 0.337 e. The number of benzene rings is 1. The third-order valence-electron chi connectivity index (χ3n) is 5.46. The summed E-state index contributed by atoms with van der Waals surface area (Å²) in [7, 11) is 0. The van der Waals surface area contributed by atoms with E-state index in [0.717, 1.165) is 42.2 Å². The number of hydrogen-bond donors (Lipinski definition) is 1. The van der Waals surface area contributed by atoms with Gasteiger partial charge >= 0.3 is 5.69 Å². The van der Waals surface area contributed by atoms with Gasteiger partial charge in [0.25, 0.3) is 5.56 Å². The molecular formula is C21H24N4O3S2. The van der Waals surface area contributed by atoms with Crippen LogP contribution in [0, 0.1) is 0 Å². The molecule has 4 rings (SSSR count). The molecule has 0 radical (unpaired) electrons. The number of hydrogen-bond acceptors (Lipinski definition) is 6. The molecule has 9 heteroatoms. The number of aromatic nitrogens is 3. The maximum atomic E-state index is 13.3. The normalized spacial score (nSPS) is 14.5. The van der Waals surface area contributed by atoms with Crippen molar-refractivity contribution < 1.29 is 4.79 Å². The van der Waals surface area contributed by atoms with E-state index in [9.17, 15) is 14.4 Å². The highest BCUT2D eigenvalue weighted by molar-refractivity contribution is 8.00. The van der Waals surface area contributed by atoms with Gasteiger partial charge in [0.1, 0.15) is 11.2 Å². The maximum absolute atomic E-state index is 13.3. The lowest BCUT2D eigenvalue weighted by molar-refractivity contribution is -0.122. The Bertz CT molecular complexity index is 1190. The van der Waals surface area contributed by atoms with Crippen LogP contribution in [0.1, 0.15) is 38.2 Å². The molecule has 0 bridgehead atoms. The summed E-state index contributed by atoms with van der Waals surface area (Å²) in [5.41, 5.74) is 0.947. The summed E-state index contributed by atoms with van der Waals surface area (Å²) in [4.78, 5) is 43.6. The Morgan fingerprint density at radius 1 is 1.23 bits per heavy atom. The van der Waals surface area contributed by atoms with Crippen LogP contribution in [0.5, 0.6) is 0 Å². The Labute approximate surface area is 182 Å². The number of carbonyl (C=O) groups excluding carboxylic acids is 1. The Kier molecular flexibility index (Phi) is 6.10. The van der Waals surface area contributed by atoms with E-state index in [2.05, 4.69) is 10.3 Å². The molecule has 0 atom stereocenters. The summed E-state index contributed by atoms with van der Waals surface area (Å²) in [5.74, 6) is -0.226. The van der Waals surface area contributed by atoms with E-state index >= 15 is 0 Å². The lowest BCUT2D eigenvalue weighted by atomic mass is 10.1. The first-order valence-corrected chi connectivity index (χ1v) is 12.1. The summed E-state index contributed by atoms with van der Waals surface area (Å²) >= 11 is 2.66. The summed E-state index contributed by atoms with van der Waals surface area (Å²) < 4.78 is 3.54. The third kappa shape index (κ3) is 3.96. The Morgan fingerprint density at radius 3 is 2.57 bits per heavy atom. The molecule has 7 nitrogen and oxygen atoms in total. The van der Waals surface area contributed by atoms with Crippen molar-refractivity contribution in [3.8, 4) is 5.69 Å². The first-order valence-electron chi connectivity index (χ1n) is 10.1. The number of amides is 1. The van der Waals surface area contributed by atoms with Gasteiger partial charge in [-0.2, -0.15) is 0 Å². The van der Waals surface area contributed by atoms with Gasteiger partial charge in [0.2, 0.25) is 5.91 Å². The van der Waals surface area contributed by atoms with Crippen molar-refractivity contribution in [2.75, 3.05) is 6.26 Å². The Morgan fingerprint density at radius 2 is 1.93 bits per heavy atom. The highest BCUT2D eigenvalue weighted by atomic mass is 32.2. The van der Waals surface area contributed by atoms with Crippen molar-refractivity contribution in [2.45, 2.75) is 56.0 Å². The van der Waals surface area contributed by atoms with E-state index in [1.807, 2.05) is 25.3 Å². The molecule has 1 amide bonds. The fourth-order valence-corrected chi connectivity index (χ4v) is 5.33. The van der Waals surface area contributed by atoms with Gasteiger partial charge in [-0.25, -0.2) is 14.3 Å². The van der Waals surface area contributed by atoms with Gasteiger partial charge in [0, 0.05) is 6.04 Å². The van der Waals surface area contributed by atoms with Gasteiger partial charge in [-0.3, -0.25) is 14.2 Å². The van der Waals surface area contributed by atoms with E-state index in [0.29, 0.717) is 14.7 Å². The molecule has 1 aliphatic rings. The number of nitrogens with one attached hydrogen (secondary N) is 1. The zero-order valence-corrected chi connectivity index (χ0v) is 18.6. The zero-order chi connectivity index (χ0) is 21.3. The number of thioether (sulfide) groups is 1. The standard InChI is InChI=1S/C21H24N4O3S2/c1-3-13-8-10-15(11-9-13)25-19(27)17-18(23-20(29-2)30-17)24(21(25)28)12-16(26)22-14-6-4-5-7-14/h8-11,14H,3-7,12H2,1-2H3,(H,22,26). The van der Waals surface area contributed by atoms with Crippen molar-refractivity contribution in [2.24, 2.45) is 0 Å². The van der Waals surface area contributed by atoms with E-state index < -0.39 is 11.2 Å². The average Bonchev–Trinajstić information content (AvgIpc) is 3.41. The SMILES string of the molecule is CCc1ccc(-n2c(=O)c3sc(SC)nc3n(CC(=O)NC3CCCC3)c2=O)cc1. The molecule has 30 heavy (non-hydrogen) atoms. The maximum Gasteiger partial charge on any atom is 0.337 e. The zero-order valence-electron chi connectivity index (χ0n) is 17.0. The van der Waals surface area contributed by atoms with E-state index in [1.54, 1.807) is 12.1 Å². The van der Waals surface area contributed by atoms with Crippen LogP contribution >= 0.6 is 23.1 Å². The summed E-state index contributed by atoms with van der Waals surface area (Å²) in [5, 5.41) is 3.01. The Hall–Kier alpha value is -2.39. The van der Waals surface area contributed by atoms with Crippen LogP contribution in [-0.4, -0.2) is 32.3 Å². The van der Waals surface area contributed by atoms with Crippen LogP contribution in [0.4, 0.5) is 0 Å². The van der Waals surface area contributed by atoms with Gasteiger partial charge in [0.15, 0.2) is 9.99 Å². The highest BCUT2D eigenvalue weighted by Gasteiger charge is 2.22. The molecule has 0 saturated heterocycles. The van der Waals surface area contributed by atoms with Gasteiger partial charge in [-0.15, -0.1) is 11.3 Å². The molecule has 0 spiro atoms. The first kappa shape index (κ1) is 20.9. The number of nitrogens with zero attached hydrogens (tertiary/aromatic N) is 3. The van der Waals surface area contributed by atoms with Gasteiger partial charge < -0.3 is 5.32 Å². The van der Waals surface area contributed by atoms with Gasteiger partial charge in [0.05, 0.1) is 5.69 Å². The molecule has 2 heterocycles. The second-order valence-electron chi connectivity index (χ2n) is 7.41. The molecule has 3 aromatic rings. The van der Waals surface area contributed by atoms with Crippen LogP contribution in [0.15, 0.2) is 38.2 Å². The average molecular weight is 445 g/mol. The molecule has 0 aliphatic heterocycles. The Balaban J connectivity index is 1.82. The van der Waals surface area contributed by atoms with Crippen LogP contribution in [0.3, 0.4) is 0 Å². The molecule has 0 unspecified atom stereocenters. The fraction of sp³-hybridized carbons (Fsp3) is 0.429. The monoisotopic (exact) mass is 444 g/mol. The number of rotatable bonds is 6. The minimum atomic E-state index is -0.545. The summed E-state index contributed by atoms with van der Waals surface area (Å²) in [6.45, 7) is 1.89. The number of fused-ring (bicyclic) bond motifs is 1. The van der Waals surface area contributed by atoms with Crippen molar-refractivity contribution in [3.63, 3.8) is 0 Å². The third-order valence-corrected chi connectivity index (χ3v) is 7.48. The van der Waals surface area contributed by atoms with Crippen molar-refractivity contribution in [3.05, 3.63) is 50.7 Å². The minimum Gasteiger partial charge on any atom is -0.352 e.